The molecule has 0 bridgehead atoms. The Labute approximate surface area is 331 Å². The first kappa shape index (κ1) is 36.8. The number of rotatable bonds is 11. The predicted octanol–water partition coefficient (Wildman–Crippen LogP) is 4.99. The number of hydrogen-bond donors (Lipinski definition) is 3. The summed E-state index contributed by atoms with van der Waals surface area (Å²) in [5.74, 6) is 0.343. The summed E-state index contributed by atoms with van der Waals surface area (Å²) in [6, 6.07) is 22.7. The van der Waals surface area contributed by atoms with Crippen molar-refractivity contribution in [3.05, 3.63) is 107 Å². The lowest BCUT2D eigenvalue weighted by molar-refractivity contribution is -0.136. The number of hydrogen-bond acceptors (Lipinski definition) is 11. The van der Waals surface area contributed by atoms with E-state index < -0.39 is 29.7 Å². The molecule has 0 radical (unpaired) electrons. The van der Waals surface area contributed by atoms with Crippen LogP contribution in [-0.4, -0.2) is 82.9 Å². The average molecular weight is 770 g/mol. The predicted molar refractivity (Wildman–Crippen MR) is 212 cm³/mol. The summed E-state index contributed by atoms with van der Waals surface area (Å²) in [6.07, 6.45) is 6.05. The van der Waals surface area contributed by atoms with Gasteiger partial charge in [0.2, 0.25) is 17.8 Å². The van der Waals surface area contributed by atoms with E-state index in [1.54, 1.807) is 18.2 Å². The highest BCUT2D eigenvalue weighted by Crippen LogP contribution is 2.38. The second-order valence-corrected chi connectivity index (χ2v) is 16.7. The van der Waals surface area contributed by atoms with Gasteiger partial charge >= 0.3 is 0 Å². The van der Waals surface area contributed by atoms with Crippen LogP contribution >= 0.6 is 0 Å². The van der Waals surface area contributed by atoms with Crippen LogP contribution in [0.4, 0.5) is 11.6 Å². The molecule has 4 fully saturated rings. The fourth-order valence-corrected chi connectivity index (χ4v) is 8.88. The third-order valence-corrected chi connectivity index (χ3v) is 12.5. The van der Waals surface area contributed by atoms with Crippen molar-refractivity contribution in [2.75, 3.05) is 36.4 Å². The second kappa shape index (κ2) is 14.6. The summed E-state index contributed by atoms with van der Waals surface area (Å²) in [4.78, 5) is 62.9. The van der Waals surface area contributed by atoms with Crippen molar-refractivity contribution in [1.82, 2.24) is 25.5 Å². The maximum Gasteiger partial charge on any atom is 0.262 e. The van der Waals surface area contributed by atoms with E-state index in [4.69, 9.17) is 14.5 Å². The molecule has 4 amide bonds. The summed E-state index contributed by atoms with van der Waals surface area (Å²) in [5.41, 5.74) is 4.57. The zero-order valence-electron chi connectivity index (χ0n) is 32.3. The summed E-state index contributed by atoms with van der Waals surface area (Å²) < 4.78 is 12.4. The molecule has 5 heterocycles. The lowest BCUT2D eigenvalue weighted by Crippen LogP contribution is -2.54. The van der Waals surface area contributed by atoms with E-state index >= 15 is 0 Å². The number of fused-ring (bicyclic) bond motifs is 1. The minimum Gasteiger partial charge on any atom is -0.490 e. The van der Waals surface area contributed by atoms with Crippen LogP contribution in [0.1, 0.15) is 89.9 Å². The number of nitrogens with one attached hydrogen (secondary N) is 3. The molecule has 4 aliphatic heterocycles. The summed E-state index contributed by atoms with van der Waals surface area (Å²) in [6.45, 7) is 8.97. The number of ether oxygens (including phenoxy) is 2. The van der Waals surface area contributed by atoms with Gasteiger partial charge in [0, 0.05) is 67.7 Å². The summed E-state index contributed by atoms with van der Waals surface area (Å²) in [7, 11) is 0. The van der Waals surface area contributed by atoms with Gasteiger partial charge in [-0.3, -0.25) is 29.4 Å². The van der Waals surface area contributed by atoms with E-state index in [1.807, 2.05) is 36.5 Å². The SMILES string of the molecule is CC(C)(c1ccc(OCc2ccnc(N3CCC4(CCNC4)C3)n2)cc1)c1ccc(O[C@H]2C[C@H](Nc3ccc4c(c3)C(=O)N(C3CCC(=O)NC3=O)C4=O)C2)cc1. The molecular formula is C44H47N7O6. The molecule has 2 unspecified atom stereocenters. The molecule has 13 heteroatoms. The lowest BCUT2D eigenvalue weighted by Gasteiger charge is -2.36. The molecule has 2 atom stereocenters. The van der Waals surface area contributed by atoms with Gasteiger partial charge in [-0.15, -0.1) is 0 Å². The van der Waals surface area contributed by atoms with Crippen LogP contribution < -0.4 is 30.3 Å². The third-order valence-electron chi connectivity index (χ3n) is 12.5. The number of imide groups is 2. The number of amides is 4. The Bertz CT molecular complexity index is 2210. The number of piperidine rings is 1. The molecule has 3 saturated heterocycles. The van der Waals surface area contributed by atoms with E-state index in [1.165, 1.54) is 24.0 Å². The van der Waals surface area contributed by atoms with Gasteiger partial charge in [0.15, 0.2) is 0 Å². The molecule has 1 aliphatic carbocycles. The smallest absolute Gasteiger partial charge is 0.262 e. The fraction of sp³-hybridized carbons (Fsp3) is 0.409. The first-order valence-corrected chi connectivity index (χ1v) is 19.9. The topological polar surface area (TPSA) is 155 Å². The minimum absolute atomic E-state index is 0.0466. The van der Waals surface area contributed by atoms with Crippen molar-refractivity contribution in [3.63, 3.8) is 0 Å². The zero-order valence-corrected chi connectivity index (χ0v) is 32.3. The fourth-order valence-electron chi connectivity index (χ4n) is 8.88. The Morgan fingerprint density at radius 3 is 2.35 bits per heavy atom. The third kappa shape index (κ3) is 7.20. The molecule has 5 aliphatic rings. The molecule has 1 saturated carbocycles. The van der Waals surface area contributed by atoms with Crippen LogP contribution in [0.5, 0.6) is 11.5 Å². The van der Waals surface area contributed by atoms with Gasteiger partial charge in [0.05, 0.1) is 16.8 Å². The monoisotopic (exact) mass is 769 g/mol. The second-order valence-electron chi connectivity index (χ2n) is 16.7. The molecule has 3 N–H and O–H groups in total. The first-order valence-electron chi connectivity index (χ1n) is 19.9. The summed E-state index contributed by atoms with van der Waals surface area (Å²) in [5, 5.41) is 9.19. The van der Waals surface area contributed by atoms with Crippen LogP contribution in [0.15, 0.2) is 79.0 Å². The van der Waals surface area contributed by atoms with Crippen molar-refractivity contribution in [2.24, 2.45) is 5.41 Å². The molecule has 9 rings (SSSR count). The van der Waals surface area contributed by atoms with Crippen LogP contribution in [0.3, 0.4) is 0 Å². The molecule has 3 aromatic carbocycles. The standard InChI is InChI=1S/C44H47N7O6/c1-43(2,27-3-8-32(9-4-27)56-24-30-15-18-46-42(48-30)50-20-17-44(26-50)16-19-45-25-44)28-5-10-33(11-6-28)57-34-21-31(22-34)47-29-7-12-35-36(23-29)41(55)51(40(35)54)37-13-14-38(52)49-39(37)53/h3-12,15,18,23,31,34,37,45,47H,13-14,16-17,19-22,24-26H2,1-2H3,(H,49,52,53)/t31-,34-,37?,44?. The van der Waals surface area contributed by atoms with E-state index in [9.17, 15) is 19.2 Å². The van der Waals surface area contributed by atoms with E-state index in [2.05, 4.69) is 63.9 Å². The van der Waals surface area contributed by atoms with E-state index in [0.717, 1.165) is 72.7 Å². The van der Waals surface area contributed by atoms with Gasteiger partial charge in [-0.1, -0.05) is 38.1 Å². The number of aromatic nitrogens is 2. The van der Waals surface area contributed by atoms with Gasteiger partial charge in [-0.25, -0.2) is 9.97 Å². The maximum absolute atomic E-state index is 13.2. The Morgan fingerprint density at radius 1 is 0.895 bits per heavy atom. The van der Waals surface area contributed by atoms with E-state index in [-0.39, 0.29) is 41.5 Å². The largest absolute Gasteiger partial charge is 0.490 e. The Balaban J connectivity index is 0.748. The van der Waals surface area contributed by atoms with Crippen LogP contribution in [0, 0.1) is 5.41 Å². The van der Waals surface area contributed by atoms with Crippen molar-refractivity contribution < 1.29 is 28.7 Å². The van der Waals surface area contributed by atoms with Gasteiger partial charge < -0.3 is 25.0 Å². The Hall–Kier alpha value is -5.82. The highest BCUT2D eigenvalue weighted by Gasteiger charge is 2.45. The van der Waals surface area contributed by atoms with Crippen LogP contribution in [0.2, 0.25) is 0 Å². The normalized spacial score (nSPS) is 24.4. The quantitative estimate of drug-likeness (QED) is 0.177. The van der Waals surface area contributed by atoms with Crippen molar-refractivity contribution in [1.29, 1.82) is 0 Å². The molecule has 294 valence electrons. The number of anilines is 2. The molecular weight excluding hydrogens is 723 g/mol. The zero-order chi connectivity index (χ0) is 39.3. The first-order chi connectivity index (χ1) is 27.5. The average Bonchev–Trinajstić information content (AvgIpc) is 3.91. The highest BCUT2D eigenvalue weighted by atomic mass is 16.5. The van der Waals surface area contributed by atoms with Crippen molar-refractivity contribution in [3.8, 4) is 11.5 Å². The number of benzene rings is 3. The number of nitrogens with zero attached hydrogens (tertiary/aromatic N) is 4. The number of carbonyl (C=O) groups excluding carboxylic acids is 4. The van der Waals surface area contributed by atoms with Gasteiger partial charge in [0.1, 0.15) is 30.3 Å². The van der Waals surface area contributed by atoms with Gasteiger partial charge in [-0.05, 0) is 85.5 Å². The Morgan fingerprint density at radius 2 is 1.63 bits per heavy atom. The van der Waals surface area contributed by atoms with E-state index in [0.29, 0.717) is 12.0 Å². The molecule has 1 spiro atoms. The molecule has 57 heavy (non-hydrogen) atoms. The Kier molecular flexibility index (Phi) is 9.42. The highest BCUT2D eigenvalue weighted by molar-refractivity contribution is 6.23. The van der Waals surface area contributed by atoms with Crippen molar-refractivity contribution >= 4 is 35.3 Å². The molecule has 13 nitrogen and oxygen atoms in total. The maximum atomic E-state index is 13.2. The van der Waals surface area contributed by atoms with Gasteiger partial charge in [0.25, 0.3) is 11.8 Å². The van der Waals surface area contributed by atoms with Crippen LogP contribution in [0.25, 0.3) is 0 Å². The minimum atomic E-state index is -0.985. The number of carbonyl (C=O) groups is 4. The molecule has 1 aromatic heterocycles. The van der Waals surface area contributed by atoms with Gasteiger partial charge in [-0.2, -0.15) is 0 Å². The lowest BCUT2D eigenvalue weighted by atomic mass is 9.78. The van der Waals surface area contributed by atoms with Crippen molar-refractivity contribution in [2.45, 2.75) is 82.6 Å². The summed E-state index contributed by atoms with van der Waals surface area (Å²) >= 11 is 0. The van der Waals surface area contributed by atoms with Crippen LogP contribution in [-0.2, 0) is 21.6 Å². The molecule has 4 aromatic rings.